The fourth-order valence-electron chi connectivity index (χ4n) is 4.39. The highest BCUT2D eigenvalue weighted by molar-refractivity contribution is 6.34. The minimum atomic E-state index is 0.282. The Hall–Kier alpha value is -2.31. The van der Waals surface area contributed by atoms with Crippen molar-refractivity contribution in [3.8, 4) is 0 Å². The second-order valence-electron chi connectivity index (χ2n) is 7.67. The largest absolute Gasteiger partial charge is 0.367 e. The van der Waals surface area contributed by atoms with Crippen LogP contribution in [0.4, 0.5) is 5.69 Å². The van der Waals surface area contributed by atoms with E-state index in [2.05, 4.69) is 32.4 Å². The fraction of sp³-hybridized carbons (Fsp3) is 0.429. The van der Waals surface area contributed by atoms with E-state index in [9.17, 15) is 4.79 Å². The van der Waals surface area contributed by atoms with Gasteiger partial charge in [-0.25, -0.2) is 0 Å². The summed E-state index contributed by atoms with van der Waals surface area (Å²) in [6, 6.07) is 8.20. The first-order chi connectivity index (χ1) is 13.7. The molecule has 0 unspecified atom stereocenters. The third-order valence-corrected chi connectivity index (χ3v) is 6.29. The number of fused-ring (bicyclic) bond motifs is 3. The molecule has 2 saturated heterocycles. The zero-order chi connectivity index (χ0) is 19.1. The van der Waals surface area contributed by atoms with Gasteiger partial charge < -0.3 is 14.2 Å². The van der Waals surface area contributed by atoms with E-state index in [1.54, 1.807) is 0 Å². The Kier molecular flexibility index (Phi) is 4.61. The molecule has 2 aliphatic rings. The van der Waals surface area contributed by atoms with Crippen LogP contribution >= 0.6 is 11.6 Å². The summed E-state index contributed by atoms with van der Waals surface area (Å²) in [6.45, 7) is 6.00. The molecule has 0 saturated carbocycles. The lowest BCUT2D eigenvalue weighted by molar-refractivity contribution is -0.131. The van der Waals surface area contributed by atoms with Gasteiger partial charge >= 0.3 is 0 Å². The molecule has 0 bridgehead atoms. The number of likely N-dealkylation sites (tertiary alicyclic amines) is 1. The predicted molar refractivity (Wildman–Crippen MR) is 112 cm³/mol. The van der Waals surface area contributed by atoms with Crippen LogP contribution in [-0.2, 0) is 4.79 Å². The molecular formula is C21H24ClN5O. The Bertz CT molecular complexity index is 1020. The van der Waals surface area contributed by atoms with Crippen molar-refractivity contribution in [3.05, 3.63) is 41.7 Å². The Morgan fingerprint density at radius 1 is 1.00 bits per heavy atom. The van der Waals surface area contributed by atoms with Crippen LogP contribution in [0.2, 0.25) is 5.02 Å². The van der Waals surface area contributed by atoms with Crippen LogP contribution in [0.25, 0.3) is 16.6 Å². The maximum Gasteiger partial charge on any atom is 0.236 e. The molecule has 0 spiro atoms. The Labute approximate surface area is 169 Å². The number of anilines is 1. The van der Waals surface area contributed by atoms with Gasteiger partial charge in [0.2, 0.25) is 5.91 Å². The molecule has 3 aromatic rings. The quantitative estimate of drug-likeness (QED) is 0.681. The van der Waals surface area contributed by atoms with E-state index in [1.165, 1.54) is 0 Å². The van der Waals surface area contributed by atoms with Crippen molar-refractivity contribution in [3.63, 3.8) is 0 Å². The number of carbonyl (C=O) groups is 1. The van der Waals surface area contributed by atoms with Crippen molar-refractivity contribution < 1.29 is 4.79 Å². The number of benzene rings is 1. The minimum absolute atomic E-state index is 0.282. The maximum atomic E-state index is 12.4. The van der Waals surface area contributed by atoms with E-state index in [1.807, 2.05) is 23.4 Å². The first-order valence-electron chi connectivity index (χ1n) is 10.00. The SMILES string of the molecule is O=C(CN1CCN(c2cccc3c2ncc2c(Cl)ccn23)CC1)N1CCCC1. The van der Waals surface area contributed by atoms with Crippen molar-refractivity contribution in [1.29, 1.82) is 0 Å². The maximum absolute atomic E-state index is 12.4. The van der Waals surface area contributed by atoms with Gasteiger partial charge in [0.1, 0.15) is 5.52 Å². The third kappa shape index (κ3) is 3.10. The highest BCUT2D eigenvalue weighted by atomic mass is 35.5. The van der Waals surface area contributed by atoms with Gasteiger partial charge in [0.25, 0.3) is 0 Å². The number of piperazine rings is 1. The minimum Gasteiger partial charge on any atom is -0.367 e. The van der Waals surface area contributed by atoms with Gasteiger partial charge in [-0.3, -0.25) is 14.7 Å². The van der Waals surface area contributed by atoms with Gasteiger partial charge in [0, 0.05) is 45.5 Å². The Morgan fingerprint density at radius 2 is 1.79 bits per heavy atom. The molecular weight excluding hydrogens is 374 g/mol. The summed E-state index contributed by atoms with van der Waals surface area (Å²) in [6.07, 6.45) is 6.13. The van der Waals surface area contributed by atoms with Crippen LogP contribution in [-0.4, -0.2) is 70.9 Å². The average molecular weight is 398 g/mol. The predicted octanol–water partition coefficient (Wildman–Crippen LogP) is 2.89. The summed E-state index contributed by atoms with van der Waals surface area (Å²) in [5.41, 5.74) is 4.13. The Morgan fingerprint density at radius 3 is 2.57 bits per heavy atom. The summed E-state index contributed by atoms with van der Waals surface area (Å²) in [7, 11) is 0. The molecule has 0 N–H and O–H groups in total. The number of para-hydroxylation sites is 1. The molecule has 1 aromatic carbocycles. The lowest BCUT2D eigenvalue weighted by Gasteiger charge is -2.36. The highest BCUT2D eigenvalue weighted by Crippen LogP contribution is 2.29. The van der Waals surface area contributed by atoms with Crippen molar-refractivity contribution in [2.24, 2.45) is 0 Å². The van der Waals surface area contributed by atoms with Crippen LogP contribution in [0.3, 0.4) is 0 Å². The molecule has 0 aliphatic carbocycles. The first kappa shape index (κ1) is 17.8. The number of rotatable bonds is 3. The van der Waals surface area contributed by atoms with Gasteiger partial charge in [0.05, 0.1) is 34.5 Å². The van der Waals surface area contributed by atoms with Gasteiger partial charge in [0.15, 0.2) is 0 Å². The fourth-order valence-corrected chi connectivity index (χ4v) is 4.58. The molecule has 1 amide bonds. The monoisotopic (exact) mass is 397 g/mol. The molecule has 5 rings (SSSR count). The lowest BCUT2D eigenvalue weighted by Crippen LogP contribution is -2.50. The molecule has 146 valence electrons. The van der Waals surface area contributed by atoms with Crippen molar-refractivity contribution >= 4 is 39.7 Å². The highest BCUT2D eigenvalue weighted by Gasteiger charge is 2.24. The summed E-state index contributed by atoms with van der Waals surface area (Å²) in [5, 5.41) is 0.719. The van der Waals surface area contributed by atoms with Crippen molar-refractivity contribution in [2.75, 3.05) is 50.7 Å². The van der Waals surface area contributed by atoms with Crippen molar-refractivity contribution in [1.82, 2.24) is 19.2 Å². The lowest BCUT2D eigenvalue weighted by atomic mass is 10.2. The molecule has 4 heterocycles. The van der Waals surface area contributed by atoms with Gasteiger partial charge in [-0.05, 0) is 31.0 Å². The van der Waals surface area contributed by atoms with E-state index in [-0.39, 0.29) is 5.91 Å². The first-order valence-corrected chi connectivity index (χ1v) is 10.4. The van der Waals surface area contributed by atoms with Crippen LogP contribution in [0.1, 0.15) is 12.8 Å². The molecule has 0 radical (unpaired) electrons. The van der Waals surface area contributed by atoms with E-state index in [4.69, 9.17) is 16.6 Å². The number of nitrogens with zero attached hydrogens (tertiary/aromatic N) is 5. The number of carbonyl (C=O) groups excluding carboxylic acids is 1. The van der Waals surface area contributed by atoms with E-state index < -0.39 is 0 Å². The van der Waals surface area contributed by atoms with Crippen LogP contribution < -0.4 is 4.90 Å². The summed E-state index contributed by atoms with van der Waals surface area (Å²) >= 11 is 6.26. The van der Waals surface area contributed by atoms with Crippen LogP contribution in [0, 0.1) is 0 Å². The molecule has 2 aliphatic heterocycles. The Balaban J connectivity index is 1.33. The number of hydrogen-bond acceptors (Lipinski definition) is 4. The number of halogens is 1. The van der Waals surface area contributed by atoms with E-state index in [0.717, 1.165) is 79.4 Å². The standard InChI is InChI=1S/C21H24ClN5O/c22-16-6-9-27-18-5-3-4-17(21(18)23-14-19(16)27)25-12-10-24(11-13-25)15-20(28)26-7-1-2-8-26/h3-6,9,14H,1-2,7-8,10-13,15H2. The van der Waals surface area contributed by atoms with E-state index >= 15 is 0 Å². The zero-order valence-corrected chi connectivity index (χ0v) is 16.6. The van der Waals surface area contributed by atoms with Crippen LogP contribution in [0.5, 0.6) is 0 Å². The molecule has 7 heteroatoms. The molecule has 6 nitrogen and oxygen atoms in total. The molecule has 28 heavy (non-hydrogen) atoms. The van der Waals surface area contributed by atoms with Crippen LogP contribution in [0.15, 0.2) is 36.7 Å². The van der Waals surface area contributed by atoms with Crippen molar-refractivity contribution in [2.45, 2.75) is 12.8 Å². The second kappa shape index (κ2) is 7.26. The smallest absolute Gasteiger partial charge is 0.236 e. The summed E-state index contributed by atoms with van der Waals surface area (Å²) < 4.78 is 2.10. The number of aromatic nitrogens is 2. The third-order valence-electron chi connectivity index (χ3n) is 5.97. The molecule has 0 atom stereocenters. The topological polar surface area (TPSA) is 44.1 Å². The number of hydrogen-bond donors (Lipinski definition) is 0. The molecule has 2 fully saturated rings. The van der Waals surface area contributed by atoms with Gasteiger partial charge in [-0.2, -0.15) is 0 Å². The van der Waals surface area contributed by atoms with E-state index in [0.29, 0.717) is 6.54 Å². The van der Waals surface area contributed by atoms with Gasteiger partial charge in [-0.15, -0.1) is 0 Å². The summed E-state index contributed by atoms with van der Waals surface area (Å²) in [5.74, 6) is 0.282. The average Bonchev–Trinajstić information content (AvgIpc) is 3.39. The van der Waals surface area contributed by atoms with Gasteiger partial charge in [-0.1, -0.05) is 17.7 Å². The summed E-state index contributed by atoms with van der Waals surface area (Å²) in [4.78, 5) is 23.8. The number of amides is 1. The molecule has 2 aromatic heterocycles. The second-order valence-corrected chi connectivity index (χ2v) is 8.08. The normalized spacial score (nSPS) is 18.5. The zero-order valence-electron chi connectivity index (χ0n) is 15.9.